The van der Waals surface area contributed by atoms with Gasteiger partial charge in [0.15, 0.2) is 0 Å². The van der Waals surface area contributed by atoms with Crippen molar-refractivity contribution in [3.63, 3.8) is 0 Å². The predicted molar refractivity (Wildman–Crippen MR) is 80.9 cm³/mol. The number of rotatable bonds is 3. The highest BCUT2D eigenvalue weighted by atomic mass is 32.1. The SMILES string of the molecule is O=C(O)c1ccc([N+](=O)[O-])cc1-c1cc2ccccc2s1. The average Bonchev–Trinajstić information content (AvgIpc) is 2.90. The molecule has 6 heteroatoms. The van der Waals surface area contributed by atoms with Gasteiger partial charge >= 0.3 is 5.97 Å². The van der Waals surface area contributed by atoms with Crippen LogP contribution in [0, 0.1) is 10.1 Å². The molecule has 104 valence electrons. The fourth-order valence-corrected chi connectivity index (χ4v) is 3.24. The first kappa shape index (κ1) is 13.3. The van der Waals surface area contributed by atoms with Crippen LogP contribution in [0.4, 0.5) is 5.69 Å². The van der Waals surface area contributed by atoms with Gasteiger partial charge in [-0.25, -0.2) is 4.79 Å². The topological polar surface area (TPSA) is 80.4 Å². The number of thiophene rings is 1. The first-order valence-corrected chi connectivity index (χ1v) is 6.88. The fraction of sp³-hybridized carbons (Fsp3) is 0. The summed E-state index contributed by atoms with van der Waals surface area (Å²) in [5, 5.41) is 21.2. The lowest BCUT2D eigenvalue weighted by Gasteiger charge is -2.03. The van der Waals surface area contributed by atoms with E-state index in [1.54, 1.807) is 0 Å². The van der Waals surface area contributed by atoms with Crippen LogP contribution in [-0.2, 0) is 0 Å². The Bertz CT molecular complexity index is 836. The molecule has 0 aliphatic rings. The highest BCUT2D eigenvalue weighted by Gasteiger charge is 2.18. The number of carboxylic acid groups (broad SMARTS) is 1. The van der Waals surface area contributed by atoms with Gasteiger partial charge in [0.2, 0.25) is 0 Å². The van der Waals surface area contributed by atoms with E-state index in [2.05, 4.69) is 0 Å². The van der Waals surface area contributed by atoms with E-state index in [1.165, 1.54) is 29.5 Å². The molecule has 0 fully saturated rings. The van der Waals surface area contributed by atoms with Gasteiger partial charge < -0.3 is 5.11 Å². The van der Waals surface area contributed by atoms with Gasteiger partial charge in [0.05, 0.1) is 10.5 Å². The summed E-state index contributed by atoms with van der Waals surface area (Å²) in [6.45, 7) is 0. The molecule has 0 atom stereocenters. The molecule has 0 aliphatic heterocycles. The molecule has 3 rings (SSSR count). The van der Waals surface area contributed by atoms with E-state index in [0.29, 0.717) is 10.4 Å². The Morgan fingerprint density at radius 1 is 1.14 bits per heavy atom. The second kappa shape index (κ2) is 4.99. The molecular formula is C15H9NO4S. The molecule has 2 aromatic carbocycles. The van der Waals surface area contributed by atoms with Crippen molar-refractivity contribution in [1.29, 1.82) is 0 Å². The second-order valence-electron chi connectivity index (χ2n) is 4.44. The van der Waals surface area contributed by atoms with E-state index in [-0.39, 0.29) is 11.3 Å². The number of benzene rings is 2. The summed E-state index contributed by atoms with van der Waals surface area (Å²) in [5.74, 6) is -1.10. The van der Waals surface area contributed by atoms with Crippen LogP contribution in [0.5, 0.6) is 0 Å². The maximum atomic E-state index is 11.3. The summed E-state index contributed by atoms with van der Waals surface area (Å²) >= 11 is 1.42. The van der Waals surface area contributed by atoms with Gasteiger partial charge in [0, 0.05) is 27.3 Å². The third kappa shape index (κ3) is 2.36. The Balaban J connectivity index is 2.25. The first-order chi connectivity index (χ1) is 10.1. The maximum absolute atomic E-state index is 11.3. The van der Waals surface area contributed by atoms with Crippen LogP contribution in [0.3, 0.4) is 0 Å². The molecule has 1 N–H and O–H groups in total. The number of hydrogen-bond acceptors (Lipinski definition) is 4. The summed E-state index contributed by atoms with van der Waals surface area (Å²) in [5.41, 5.74) is 0.317. The minimum Gasteiger partial charge on any atom is -0.478 e. The first-order valence-electron chi connectivity index (χ1n) is 6.07. The molecule has 3 aromatic rings. The summed E-state index contributed by atoms with van der Waals surface area (Å²) in [7, 11) is 0. The Morgan fingerprint density at radius 3 is 2.57 bits per heavy atom. The van der Waals surface area contributed by atoms with Crippen molar-refractivity contribution in [2.45, 2.75) is 0 Å². The highest BCUT2D eigenvalue weighted by Crippen LogP contribution is 2.36. The van der Waals surface area contributed by atoms with Crippen molar-refractivity contribution < 1.29 is 14.8 Å². The van der Waals surface area contributed by atoms with Crippen molar-refractivity contribution in [3.05, 3.63) is 64.2 Å². The van der Waals surface area contributed by atoms with Crippen molar-refractivity contribution in [2.75, 3.05) is 0 Å². The lowest BCUT2D eigenvalue weighted by atomic mass is 10.0. The zero-order valence-corrected chi connectivity index (χ0v) is 11.5. The third-order valence-corrected chi connectivity index (χ3v) is 4.28. The van der Waals surface area contributed by atoms with Crippen LogP contribution in [0.15, 0.2) is 48.5 Å². The van der Waals surface area contributed by atoms with Gasteiger partial charge in [-0.2, -0.15) is 0 Å². The lowest BCUT2D eigenvalue weighted by molar-refractivity contribution is -0.384. The van der Waals surface area contributed by atoms with Crippen LogP contribution in [0.1, 0.15) is 10.4 Å². The molecule has 0 radical (unpaired) electrons. The molecule has 0 bridgehead atoms. The number of nitro benzene ring substituents is 1. The predicted octanol–water partition coefficient (Wildman–Crippen LogP) is 4.17. The normalized spacial score (nSPS) is 10.7. The average molecular weight is 299 g/mol. The minimum absolute atomic E-state index is 0.0622. The monoisotopic (exact) mass is 299 g/mol. The standard InChI is InChI=1S/C15H9NO4S/c17-15(18)11-6-5-10(16(19)20)8-12(11)14-7-9-3-1-2-4-13(9)21-14/h1-8H,(H,17,18). The van der Waals surface area contributed by atoms with Crippen molar-refractivity contribution in [3.8, 4) is 10.4 Å². The molecule has 0 aliphatic carbocycles. The number of non-ortho nitro benzene ring substituents is 1. The Labute approximate surface area is 123 Å². The number of fused-ring (bicyclic) bond motifs is 1. The molecule has 0 saturated heterocycles. The molecule has 0 amide bonds. The van der Waals surface area contributed by atoms with Crippen LogP contribution in [0.25, 0.3) is 20.5 Å². The smallest absolute Gasteiger partial charge is 0.336 e. The minimum atomic E-state index is -1.10. The molecular weight excluding hydrogens is 290 g/mol. The van der Waals surface area contributed by atoms with Gasteiger partial charge in [0.25, 0.3) is 5.69 Å². The van der Waals surface area contributed by atoms with Gasteiger partial charge in [-0.1, -0.05) is 18.2 Å². The summed E-state index contributed by atoms with van der Waals surface area (Å²) in [4.78, 5) is 22.4. The highest BCUT2D eigenvalue weighted by molar-refractivity contribution is 7.22. The van der Waals surface area contributed by atoms with Gasteiger partial charge in [-0.05, 0) is 23.6 Å². The molecule has 1 aromatic heterocycles. The number of nitrogens with zero attached hydrogens (tertiary/aromatic N) is 1. The van der Waals surface area contributed by atoms with Gasteiger partial charge in [0.1, 0.15) is 0 Å². The summed E-state index contributed by atoms with van der Waals surface area (Å²) in [6, 6.07) is 13.3. The second-order valence-corrected chi connectivity index (χ2v) is 5.52. The number of carbonyl (C=O) groups is 1. The van der Waals surface area contributed by atoms with E-state index in [4.69, 9.17) is 0 Å². The van der Waals surface area contributed by atoms with E-state index >= 15 is 0 Å². The van der Waals surface area contributed by atoms with E-state index in [0.717, 1.165) is 10.1 Å². The van der Waals surface area contributed by atoms with Gasteiger partial charge in [-0.3, -0.25) is 10.1 Å². The molecule has 0 saturated carbocycles. The van der Waals surface area contributed by atoms with Crippen molar-refractivity contribution in [2.24, 2.45) is 0 Å². The number of carboxylic acids is 1. The number of nitro groups is 1. The molecule has 0 unspecified atom stereocenters. The van der Waals surface area contributed by atoms with Crippen LogP contribution < -0.4 is 0 Å². The molecule has 21 heavy (non-hydrogen) atoms. The zero-order chi connectivity index (χ0) is 15.0. The Kier molecular flexibility index (Phi) is 3.15. The van der Waals surface area contributed by atoms with Crippen LogP contribution in [-0.4, -0.2) is 16.0 Å². The van der Waals surface area contributed by atoms with E-state index in [1.807, 2.05) is 30.3 Å². The Hall–Kier alpha value is -2.73. The number of aromatic carboxylic acids is 1. The summed E-state index contributed by atoms with van der Waals surface area (Å²) in [6.07, 6.45) is 0. The summed E-state index contributed by atoms with van der Waals surface area (Å²) < 4.78 is 1.01. The zero-order valence-electron chi connectivity index (χ0n) is 10.6. The molecule has 0 spiro atoms. The lowest BCUT2D eigenvalue weighted by Crippen LogP contribution is -2.00. The van der Waals surface area contributed by atoms with E-state index in [9.17, 15) is 20.0 Å². The number of hydrogen-bond donors (Lipinski definition) is 1. The van der Waals surface area contributed by atoms with Gasteiger partial charge in [-0.15, -0.1) is 11.3 Å². The maximum Gasteiger partial charge on any atom is 0.336 e. The Morgan fingerprint density at radius 2 is 1.90 bits per heavy atom. The molecule has 1 heterocycles. The van der Waals surface area contributed by atoms with Crippen molar-refractivity contribution in [1.82, 2.24) is 0 Å². The quantitative estimate of drug-likeness (QED) is 0.581. The fourth-order valence-electron chi connectivity index (χ4n) is 2.15. The van der Waals surface area contributed by atoms with Crippen LogP contribution >= 0.6 is 11.3 Å². The molecule has 5 nitrogen and oxygen atoms in total. The largest absolute Gasteiger partial charge is 0.478 e. The van der Waals surface area contributed by atoms with Crippen molar-refractivity contribution >= 4 is 33.1 Å². The van der Waals surface area contributed by atoms with Crippen LogP contribution in [0.2, 0.25) is 0 Å². The third-order valence-electron chi connectivity index (χ3n) is 3.14. The van der Waals surface area contributed by atoms with E-state index < -0.39 is 10.9 Å².